The molecule has 1 unspecified atom stereocenters. The van der Waals surface area contributed by atoms with Gasteiger partial charge in [-0.2, -0.15) is 0 Å². The second kappa shape index (κ2) is 7.14. The monoisotopic (exact) mass is 339 g/mol. The molecule has 7 nitrogen and oxygen atoms in total. The summed E-state index contributed by atoms with van der Waals surface area (Å²) in [5.41, 5.74) is 1.73. The van der Waals surface area contributed by atoms with Crippen LogP contribution in [0.2, 0.25) is 0 Å². The Balaban J connectivity index is 1.95. The number of pyridine rings is 1. The number of nitrogens with one attached hydrogen (secondary N) is 1. The molecule has 0 aliphatic heterocycles. The molecule has 3 aromatic rings. The van der Waals surface area contributed by atoms with E-state index in [1.54, 1.807) is 42.5 Å². The van der Waals surface area contributed by atoms with E-state index in [1.165, 1.54) is 6.20 Å². The number of aromatic nitrogens is 1. The van der Waals surface area contributed by atoms with Crippen molar-refractivity contribution in [3.8, 4) is 5.75 Å². The van der Waals surface area contributed by atoms with E-state index in [0.717, 1.165) is 5.56 Å². The van der Waals surface area contributed by atoms with E-state index in [-0.39, 0.29) is 18.0 Å². The van der Waals surface area contributed by atoms with Gasteiger partial charge in [0.25, 0.3) is 0 Å². The topological polar surface area (TPSA) is 109 Å². The molecule has 1 aromatic heterocycles. The van der Waals surface area contributed by atoms with Gasteiger partial charge in [-0.1, -0.05) is 30.3 Å². The summed E-state index contributed by atoms with van der Waals surface area (Å²) in [5.74, 6) is 0.160. The van der Waals surface area contributed by atoms with Crippen LogP contribution in [0.25, 0.3) is 10.9 Å². The fourth-order valence-electron chi connectivity index (χ4n) is 2.70. The van der Waals surface area contributed by atoms with Crippen molar-refractivity contribution in [3.05, 3.63) is 70.4 Å². The first-order valence-corrected chi connectivity index (χ1v) is 7.76. The summed E-state index contributed by atoms with van der Waals surface area (Å²) in [6, 6.07) is 13.3. The van der Waals surface area contributed by atoms with Crippen LogP contribution in [0.5, 0.6) is 5.75 Å². The predicted molar refractivity (Wildman–Crippen MR) is 94.7 cm³/mol. The lowest BCUT2D eigenvalue weighted by Crippen LogP contribution is -2.27. The minimum atomic E-state index is -0.489. The SMILES string of the molecule is O=[N+]([O-])c1cnc2ccccc2c1NC(CO)Cc1ccc(O)cc1. The van der Waals surface area contributed by atoms with Crippen molar-refractivity contribution in [1.29, 1.82) is 0 Å². The van der Waals surface area contributed by atoms with Gasteiger partial charge in [0.15, 0.2) is 0 Å². The van der Waals surface area contributed by atoms with Crippen LogP contribution in [0.3, 0.4) is 0 Å². The van der Waals surface area contributed by atoms with Crippen LogP contribution in [0, 0.1) is 10.1 Å². The first-order chi connectivity index (χ1) is 12.1. The maximum absolute atomic E-state index is 11.4. The van der Waals surface area contributed by atoms with Crippen LogP contribution >= 0.6 is 0 Å². The molecule has 7 heteroatoms. The summed E-state index contributed by atoms with van der Waals surface area (Å²) in [4.78, 5) is 15.0. The van der Waals surface area contributed by atoms with Crippen LogP contribution in [-0.2, 0) is 6.42 Å². The van der Waals surface area contributed by atoms with E-state index in [4.69, 9.17) is 0 Å². The molecule has 0 aliphatic carbocycles. The zero-order valence-corrected chi connectivity index (χ0v) is 13.3. The van der Waals surface area contributed by atoms with E-state index in [0.29, 0.717) is 23.0 Å². The summed E-state index contributed by atoms with van der Waals surface area (Å²) >= 11 is 0. The average Bonchev–Trinajstić information content (AvgIpc) is 2.62. The molecule has 2 aromatic carbocycles. The highest BCUT2D eigenvalue weighted by atomic mass is 16.6. The number of para-hydroxylation sites is 1. The molecule has 3 N–H and O–H groups in total. The van der Waals surface area contributed by atoms with Crippen molar-refractivity contribution >= 4 is 22.3 Å². The lowest BCUT2D eigenvalue weighted by atomic mass is 10.0. The van der Waals surface area contributed by atoms with Crippen LogP contribution in [0.15, 0.2) is 54.7 Å². The number of hydrogen-bond acceptors (Lipinski definition) is 6. The number of phenolic OH excluding ortho intramolecular Hbond substituents is 1. The second-order valence-corrected chi connectivity index (χ2v) is 5.69. The van der Waals surface area contributed by atoms with E-state index < -0.39 is 11.0 Å². The van der Waals surface area contributed by atoms with Gasteiger partial charge in [0.1, 0.15) is 17.6 Å². The first kappa shape index (κ1) is 16.7. The Morgan fingerprint density at radius 2 is 1.88 bits per heavy atom. The second-order valence-electron chi connectivity index (χ2n) is 5.69. The number of nitro groups is 1. The van der Waals surface area contributed by atoms with Gasteiger partial charge in [0.05, 0.1) is 23.1 Å². The normalized spacial score (nSPS) is 12.0. The molecule has 1 heterocycles. The van der Waals surface area contributed by atoms with Crippen LogP contribution in [0.1, 0.15) is 5.56 Å². The fourth-order valence-corrected chi connectivity index (χ4v) is 2.70. The minimum absolute atomic E-state index is 0.136. The molecule has 0 amide bonds. The summed E-state index contributed by atoms with van der Waals surface area (Å²) in [7, 11) is 0. The third-order valence-electron chi connectivity index (χ3n) is 3.94. The Kier molecular flexibility index (Phi) is 4.76. The number of anilines is 1. The smallest absolute Gasteiger partial charge is 0.311 e. The zero-order valence-electron chi connectivity index (χ0n) is 13.3. The number of rotatable bonds is 6. The van der Waals surface area contributed by atoms with Crippen molar-refractivity contribution in [2.24, 2.45) is 0 Å². The van der Waals surface area contributed by atoms with Gasteiger partial charge in [-0.3, -0.25) is 10.1 Å². The van der Waals surface area contributed by atoms with Gasteiger partial charge >= 0.3 is 5.69 Å². The van der Waals surface area contributed by atoms with E-state index in [1.807, 2.05) is 6.07 Å². The molecule has 0 bridgehead atoms. The number of nitrogens with zero attached hydrogens (tertiary/aromatic N) is 2. The third-order valence-corrected chi connectivity index (χ3v) is 3.94. The molecular weight excluding hydrogens is 322 g/mol. The summed E-state index contributed by atoms with van der Waals surface area (Å²) < 4.78 is 0. The largest absolute Gasteiger partial charge is 0.508 e. The van der Waals surface area contributed by atoms with Gasteiger partial charge in [-0.15, -0.1) is 0 Å². The summed E-state index contributed by atoms with van der Waals surface area (Å²) in [6.45, 7) is -0.200. The van der Waals surface area contributed by atoms with Gasteiger partial charge in [0.2, 0.25) is 0 Å². The summed E-state index contributed by atoms with van der Waals surface area (Å²) in [6.07, 6.45) is 1.67. The number of aromatic hydroxyl groups is 1. The van der Waals surface area contributed by atoms with Crippen LogP contribution < -0.4 is 5.32 Å². The highest BCUT2D eigenvalue weighted by molar-refractivity contribution is 5.95. The van der Waals surface area contributed by atoms with Gasteiger partial charge in [-0.25, -0.2) is 4.98 Å². The zero-order chi connectivity index (χ0) is 17.8. The third kappa shape index (κ3) is 3.67. The molecule has 25 heavy (non-hydrogen) atoms. The molecule has 0 saturated heterocycles. The Hall–Kier alpha value is -3.19. The molecule has 0 saturated carbocycles. The van der Waals surface area contributed by atoms with Crippen molar-refractivity contribution in [3.63, 3.8) is 0 Å². The van der Waals surface area contributed by atoms with E-state index >= 15 is 0 Å². The number of phenols is 1. The van der Waals surface area contributed by atoms with Crippen molar-refractivity contribution in [2.45, 2.75) is 12.5 Å². The lowest BCUT2D eigenvalue weighted by molar-refractivity contribution is -0.384. The Labute approximate surface area is 143 Å². The Morgan fingerprint density at radius 1 is 1.16 bits per heavy atom. The van der Waals surface area contributed by atoms with Gasteiger partial charge in [0, 0.05) is 5.39 Å². The predicted octanol–water partition coefficient (Wildman–Crippen LogP) is 2.86. The first-order valence-electron chi connectivity index (χ1n) is 7.76. The van der Waals surface area contributed by atoms with Crippen LogP contribution in [-0.4, -0.2) is 32.8 Å². The quantitative estimate of drug-likeness (QED) is 0.471. The number of aliphatic hydroxyl groups excluding tert-OH is 1. The Bertz CT molecular complexity index is 896. The van der Waals surface area contributed by atoms with Crippen molar-refractivity contribution in [1.82, 2.24) is 4.98 Å². The molecule has 1 atom stereocenters. The van der Waals surface area contributed by atoms with Crippen molar-refractivity contribution in [2.75, 3.05) is 11.9 Å². The maximum atomic E-state index is 11.4. The number of fused-ring (bicyclic) bond motifs is 1. The van der Waals surface area contributed by atoms with Crippen LogP contribution in [0.4, 0.5) is 11.4 Å². The molecule has 0 radical (unpaired) electrons. The number of hydrogen-bond donors (Lipinski definition) is 3. The fraction of sp³-hybridized carbons (Fsp3) is 0.167. The van der Waals surface area contributed by atoms with E-state index in [2.05, 4.69) is 10.3 Å². The minimum Gasteiger partial charge on any atom is -0.508 e. The highest BCUT2D eigenvalue weighted by Gasteiger charge is 2.21. The molecule has 0 fully saturated rings. The lowest BCUT2D eigenvalue weighted by Gasteiger charge is -2.19. The van der Waals surface area contributed by atoms with Gasteiger partial charge in [-0.05, 0) is 30.2 Å². The molecular formula is C18H17N3O4. The van der Waals surface area contributed by atoms with Crippen molar-refractivity contribution < 1.29 is 15.1 Å². The maximum Gasteiger partial charge on any atom is 0.311 e. The standard InChI is InChI=1S/C18H17N3O4/c22-11-13(9-12-5-7-14(23)8-6-12)20-18-15-3-1-2-4-16(15)19-10-17(18)21(24)25/h1-8,10,13,22-23H,9,11H2,(H,19,20). The van der Waals surface area contributed by atoms with E-state index in [9.17, 15) is 20.3 Å². The summed E-state index contributed by atoms with van der Waals surface area (Å²) in [5, 5.41) is 34.1. The molecule has 0 aliphatic rings. The van der Waals surface area contributed by atoms with Gasteiger partial charge < -0.3 is 15.5 Å². The molecule has 128 valence electrons. The molecule has 3 rings (SSSR count). The molecule has 0 spiro atoms. The average molecular weight is 339 g/mol. The number of benzene rings is 2. The Morgan fingerprint density at radius 3 is 2.56 bits per heavy atom. The highest BCUT2D eigenvalue weighted by Crippen LogP contribution is 2.32. The number of aliphatic hydroxyl groups is 1.